The molecule has 0 aromatic heterocycles. The molecule has 0 saturated carbocycles. The average Bonchev–Trinajstić information content (AvgIpc) is 2.41. The zero-order valence-electron chi connectivity index (χ0n) is 12.0. The molecule has 2 N–H and O–H groups in total. The van der Waals surface area contributed by atoms with E-state index in [1.165, 1.54) is 5.56 Å². The second kappa shape index (κ2) is 6.17. The molecule has 1 saturated heterocycles. The zero-order valence-corrected chi connectivity index (χ0v) is 12.0. The molecule has 1 heterocycles. The Hall–Kier alpha value is -1.39. The number of para-hydroxylation sites is 1. The average molecular weight is 261 g/mol. The minimum absolute atomic E-state index is 0.0653. The van der Waals surface area contributed by atoms with Crippen molar-refractivity contribution in [3.05, 3.63) is 29.3 Å². The number of aryl methyl sites for hydroxylation is 2. The lowest BCUT2D eigenvalue weighted by Gasteiger charge is -2.30. The van der Waals surface area contributed by atoms with Gasteiger partial charge in [0, 0.05) is 25.3 Å². The van der Waals surface area contributed by atoms with Crippen molar-refractivity contribution in [2.75, 3.05) is 32.0 Å². The molecule has 0 spiro atoms. The van der Waals surface area contributed by atoms with Gasteiger partial charge >= 0.3 is 0 Å². The van der Waals surface area contributed by atoms with Crippen molar-refractivity contribution in [1.82, 2.24) is 10.2 Å². The van der Waals surface area contributed by atoms with Crippen molar-refractivity contribution in [1.29, 1.82) is 0 Å². The SMILES string of the molecule is CCc1cccc(C)c1NC(=O)C1CN(C)CCN1. The molecular formula is C15H23N3O. The molecular weight excluding hydrogens is 238 g/mol. The van der Waals surface area contributed by atoms with Crippen molar-refractivity contribution < 1.29 is 4.79 Å². The van der Waals surface area contributed by atoms with Crippen LogP contribution >= 0.6 is 0 Å². The van der Waals surface area contributed by atoms with Crippen LogP contribution in [0.15, 0.2) is 18.2 Å². The van der Waals surface area contributed by atoms with Crippen LogP contribution in [0, 0.1) is 6.92 Å². The summed E-state index contributed by atoms with van der Waals surface area (Å²) in [5.41, 5.74) is 3.29. The highest BCUT2D eigenvalue weighted by atomic mass is 16.2. The summed E-state index contributed by atoms with van der Waals surface area (Å²) in [6.45, 7) is 6.77. The largest absolute Gasteiger partial charge is 0.324 e. The van der Waals surface area contributed by atoms with Gasteiger partial charge in [-0.1, -0.05) is 25.1 Å². The van der Waals surface area contributed by atoms with Gasteiger partial charge in [0.25, 0.3) is 0 Å². The number of hydrogen-bond donors (Lipinski definition) is 2. The van der Waals surface area contributed by atoms with Crippen molar-refractivity contribution >= 4 is 11.6 Å². The zero-order chi connectivity index (χ0) is 13.8. The molecule has 1 unspecified atom stereocenters. The highest BCUT2D eigenvalue weighted by Crippen LogP contribution is 2.21. The van der Waals surface area contributed by atoms with E-state index in [-0.39, 0.29) is 11.9 Å². The van der Waals surface area contributed by atoms with E-state index >= 15 is 0 Å². The molecule has 4 heteroatoms. The van der Waals surface area contributed by atoms with E-state index in [0.29, 0.717) is 0 Å². The minimum atomic E-state index is -0.122. The Labute approximate surface area is 115 Å². The Morgan fingerprint density at radius 2 is 2.32 bits per heavy atom. The van der Waals surface area contributed by atoms with Gasteiger partial charge in [0.05, 0.1) is 6.04 Å². The van der Waals surface area contributed by atoms with E-state index in [9.17, 15) is 4.79 Å². The summed E-state index contributed by atoms with van der Waals surface area (Å²) in [6, 6.07) is 6.03. The van der Waals surface area contributed by atoms with E-state index in [4.69, 9.17) is 0 Å². The second-order valence-corrected chi connectivity index (χ2v) is 5.22. The van der Waals surface area contributed by atoms with E-state index in [1.807, 2.05) is 26.1 Å². The third-order valence-electron chi connectivity index (χ3n) is 3.68. The van der Waals surface area contributed by atoms with Gasteiger partial charge in [-0.25, -0.2) is 0 Å². The maximum Gasteiger partial charge on any atom is 0.242 e. The summed E-state index contributed by atoms with van der Waals surface area (Å²) in [6.07, 6.45) is 0.926. The van der Waals surface area contributed by atoms with E-state index in [0.717, 1.165) is 37.3 Å². The summed E-state index contributed by atoms with van der Waals surface area (Å²) in [5, 5.41) is 6.36. The van der Waals surface area contributed by atoms with Crippen LogP contribution in [-0.4, -0.2) is 43.5 Å². The monoisotopic (exact) mass is 261 g/mol. The topological polar surface area (TPSA) is 44.4 Å². The van der Waals surface area contributed by atoms with Crippen molar-refractivity contribution in [3.63, 3.8) is 0 Å². The molecule has 104 valence electrons. The van der Waals surface area contributed by atoms with Crippen LogP contribution in [0.1, 0.15) is 18.1 Å². The van der Waals surface area contributed by atoms with Crippen LogP contribution in [-0.2, 0) is 11.2 Å². The molecule has 1 amide bonds. The van der Waals surface area contributed by atoms with Crippen LogP contribution < -0.4 is 10.6 Å². The van der Waals surface area contributed by atoms with Crippen LogP contribution in [0.2, 0.25) is 0 Å². The van der Waals surface area contributed by atoms with Gasteiger partial charge in [-0.05, 0) is 31.5 Å². The van der Waals surface area contributed by atoms with Crippen molar-refractivity contribution in [3.8, 4) is 0 Å². The number of nitrogens with zero attached hydrogens (tertiary/aromatic N) is 1. The number of piperazine rings is 1. The first-order valence-electron chi connectivity index (χ1n) is 6.93. The van der Waals surface area contributed by atoms with Gasteiger partial charge in [0.2, 0.25) is 5.91 Å². The summed E-state index contributed by atoms with van der Waals surface area (Å²) < 4.78 is 0. The van der Waals surface area contributed by atoms with Gasteiger partial charge in [0.15, 0.2) is 0 Å². The van der Waals surface area contributed by atoms with E-state index in [1.54, 1.807) is 0 Å². The smallest absolute Gasteiger partial charge is 0.242 e. The number of nitrogens with one attached hydrogen (secondary N) is 2. The Morgan fingerprint density at radius 1 is 1.53 bits per heavy atom. The fraction of sp³-hybridized carbons (Fsp3) is 0.533. The fourth-order valence-electron chi connectivity index (χ4n) is 2.49. The van der Waals surface area contributed by atoms with Gasteiger partial charge in [-0.15, -0.1) is 0 Å². The Morgan fingerprint density at radius 3 is 3.00 bits per heavy atom. The van der Waals surface area contributed by atoms with Gasteiger partial charge in [-0.3, -0.25) is 4.79 Å². The number of hydrogen-bond acceptors (Lipinski definition) is 3. The number of carbonyl (C=O) groups is 1. The number of likely N-dealkylation sites (N-methyl/N-ethyl adjacent to an activating group) is 1. The molecule has 1 aliphatic rings. The molecule has 4 nitrogen and oxygen atoms in total. The van der Waals surface area contributed by atoms with Crippen LogP contribution in [0.3, 0.4) is 0 Å². The number of anilines is 1. The predicted molar refractivity (Wildman–Crippen MR) is 78.5 cm³/mol. The van der Waals surface area contributed by atoms with E-state index in [2.05, 4.69) is 28.5 Å². The number of carbonyl (C=O) groups excluding carboxylic acids is 1. The molecule has 1 atom stereocenters. The number of amides is 1. The summed E-state index contributed by atoms with van der Waals surface area (Å²) >= 11 is 0. The first-order chi connectivity index (χ1) is 9.11. The van der Waals surface area contributed by atoms with Crippen molar-refractivity contribution in [2.24, 2.45) is 0 Å². The highest BCUT2D eigenvalue weighted by molar-refractivity contribution is 5.96. The first kappa shape index (κ1) is 14.0. The Kier molecular flexibility index (Phi) is 4.56. The maximum atomic E-state index is 12.3. The molecule has 19 heavy (non-hydrogen) atoms. The normalized spacial score (nSPS) is 20.3. The summed E-state index contributed by atoms with van der Waals surface area (Å²) in [5.74, 6) is 0.0653. The number of benzene rings is 1. The van der Waals surface area contributed by atoms with Gasteiger partial charge in [-0.2, -0.15) is 0 Å². The molecule has 2 rings (SSSR count). The third kappa shape index (κ3) is 3.33. The standard InChI is InChI=1S/C15H23N3O/c1-4-12-7-5-6-11(2)14(12)17-15(19)13-10-18(3)9-8-16-13/h5-7,13,16H,4,8-10H2,1-3H3,(H,17,19). The minimum Gasteiger partial charge on any atom is -0.324 e. The van der Waals surface area contributed by atoms with Crippen LogP contribution in [0.25, 0.3) is 0 Å². The first-order valence-corrected chi connectivity index (χ1v) is 6.93. The molecule has 1 aromatic rings. The quantitative estimate of drug-likeness (QED) is 0.864. The maximum absolute atomic E-state index is 12.3. The molecule has 0 aliphatic carbocycles. The lowest BCUT2D eigenvalue weighted by molar-refractivity contribution is -0.119. The number of rotatable bonds is 3. The van der Waals surface area contributed by atoms with Gasteiger partial charge < -0.3 is 15.5 Å². The highest BCUT2D eigenvalue weighted by Gasteiger charge is 2.24. The molecule has 1 aliphatic heterocycles. The summed E-state index contributed by atoms with van der Waals surface area (Å²) in [4.78, 5) is 14.5. The fourth-order valence-corrected chi connectivity index (χ4v) is 2.49. The lowest BCUT2D eigenvalue weighted by atomic mass is 10.1. The molecule has 0 radical (unpaired) electrons. The predicted octanol–water partition coefficient (Wildman–Crippen LogP) is 1.40. The summed E-state index contributed by atoms with van der Waals surface area (Å²) in [7, 11) is 2.05. The Bertz CT molecular complexity index is 459. The van der Waals surface area contributed by atoms with Crippen LogP contribution in [0.5, 0.6) is 0 Å². The molecule has 1 aromatic carbocycles. The van der Waals surface area contributed by atoms with Gasteiger partial charge in [0.1, 0.15) is 0 Å². The third-order valence-corrected chi connectivity index (χ3v) is 3.68. The lowest BCUT2D eigenvalue weighted by Crippen LogP contribution is -2.54. The van der Waals surface area contributed by atoms with Crippen LogP contribution in [0.4, 0.5) is 5.69 Å². The molecule has 1 fully saturated rings. The van der Waals surface area contributed by atoms with E-state index < -0.39 is 0 Å². The second-order valence-electron chi connectivity index (χ2n) is 5.22. The Balaban J connectivity index is 2.10. The van der Waals surface area contributed by atoms with Crippen molar-refractivity contribution in [2.45, 2.75) is 26.3 Å². The molecule has 0 bridgehead atoms.